The molecule has 28 heavy (non-hydrogen) atoms. The molecule has 3 aromatic rings. The summed E-state index contributed by atoms with van der Waals surface area (Å²) in [5.74, 6) is 0.161. The summed E-state index contributed by atoms with van der Waals surface area (Å²) < 4.78 is 0. The number of hydrogen-bond acceptors (Lipinski definition) is 5. The second kappa shape index (κ2) is 8.02. The second-order valence-corrected chi connectivity index (χ2v) is 7.58. The molecule has 1 amide bonds. The fourth-order valence-electron chi connectivity index (χ4n) is 3.79. The summed E-state index contributed by atoms with van der Waals surface area (Å²) in [6.07, 6.45) is 9.37. The zero-order chi connectivity index (χ0) is 19.5. The van der Waals surface area contributed by atoms with Crippen LogP contribution in [-0.4, -0.2) is 63.9 Å². The van der Waals surface area contributed by atoms with Gasteiger partial charge in [-0.25, -0.2) is 0 Å². The van der Waals surface area contributed by atoms with Crippen molar-refractivity contribution in [3.05, 3.63) is 54.7 Å². The Bertz CT molecular complexity index is 965. The topological polar surface area (TPSA) is 62.2 Å². The van der Waals surface area contributed by atoms with E-state index in [2.05, 4.69) is 40.0 Å². The summed E-state index contributed by atoms with van der Waals surface area (Å²) in [5, 5.41) is 2.11. The van der Waals surface area contributed by atoms with E-state index in [4.69, 9.17) is 0 Å². The molecule has 0 unspecified atom stereocenters. The van der Waals surface area contributed by atoms with Gasteiger partial charge in [0.2, 0.25) is 5.91 Å². The second-order valence-electron chi connectivity index (χ2n) is 7.58. The summed E-state index contributed by atoms with van der Waals surface area (Å²) >= 11 is 0. The van der Waals surface area contributed by atoms with Crippen molar-refractivity contribution in [3.63, 3.8) is 0 Å². The summed E-state index contributed by atoms with van der Waals surface area (Å²) in [7, 11) is 4.22. The van der Waals surface area contributed by atoms with E-state index < -0.39 is 0 Å². The summed E-state index contributed by atoms with van der Waals surface area (Å²) in [6.45, 7) is 1.65. The van der Waals surface area contributed by atoms with E-state index in [0.717, 1.165) is 53.7 Å². The van der Waals surface area contributed by atoms with Crippen LogP contribution in [0.15, 0.2) is 49.1 Å². The Morgan fingerprint density at radius 3 is 2.61 bits per heavy atom. The molecule has 0 atom stereocenters. The summed E-state index contributed by atoms with van der Waals surface area (Å²) in [5.41, 5.74) is 2.65. The van der Waals surface area contributed by atoms with Crippen molar-refractivity contribution in [2.75, 3.05) is 27.2 Å². The van der Waals surface area contributed by atoms with Gasteiger partial charge in [-0.2, -0.15) is 0 Å². The molecule has 0 radical (unpaired) electrons. The first-order valence-electron chi connectivity index (χ1n) is 9.69. The fraction of sp³-hybridized carbons (Fsp3) is 0.364. The Morgan fingerprint density at radius 1 is 1.07 bits per heavy atom. The quantitative estimate of drug-likeness (QED) is 0.702. The van der Waals surface area contributed by atoms with E-state index in [1.165, 1.54) is 0 Å². The Labute approximate surface area is 165 Å². The van der Waals surface area contributed by atoms with Gasteiger partial charge in [-0.3, -0.25) is 19.7 Å². The highest BCUT2D eigenvalue weighted by Gasteiger charge is 2.24. The molecule has 0 bridgehead atoms. The number of piperidine rings is 1. The highest BCUT2D eigenvalue weighted by molar-refractivity contribution is 5.87. The maximum Gasteiger partial charge on any atom is 0.228 e. The predicted octanol–water partition coefficient (Wildman–Crippen LogP) is 2.79. The van der Waals surface area contributed by atoms with Crippen LogP contribution in [0.4, 0.5) is 0 Å². The van der Waals surface area contributed by atoms with Gasteiger partial charge in [-0.05, 0) is 44.5 Å². The average molecular weight is 375 g/mol. The third-order valence-electron chi connectivity index (χ3n) is 5.52. The van der Waals surface area contributed by atoms with Gasteiger partial charge in [0.15, 0.2) is 0 Å². The van der Waals surface area contributed by atoms with Gasteiger partial charge in [0.05, 0.1) is 24.0 Å². The maximum atomic E-state index is 12.7. The molecule has 6 heteroatoms. The molecule has 144 valence electrons. The first-order chi connectivity index (χ1) is 13.6. The zero-order valence-electron chi connectivity index (χ0n) is 16.4. The molecule has 0 N–H and O–H groups in total. The minimum Gasteiger partial charge on any atom is -0.342 e. The number of rotatable bonds is 4. The molecule has 1 fully saturated rings. The number of hydrogen-bond donors (Lipinski definition) is 0. The Morgan fingerprint density at radius 2 is 1.89 bits per heavy atom. The van der Waals surface area contributed by atoms with Gasteiger partial charge in [-0.1, -0.05) is 12.1 Å². The number of benzene rings is 1. The minimum absolute atomic E-state index is 0.161. The van der Waals surface area contributed by atoms with Crippen LogP contribution in [-0.2, 0) is 11.2 Å². The molecule has 0 spiro atoms. The summed E-state index contributed by atoms with van der Waals surface area (Å²) in [6, 6.07) is 8.72. The molecule has 0 aliphatic carbocycles. The van der Waals surface area contributed by atoms with E-state index in [9.17, 15) is 4.79 Å². The van der Waals surface area contributed by atoms with Crippen molar-refractivity contribution >= 4 is 16.7 Å². The third kappa shape index (κ3) is 4.02. The third-order valence-corrected chi connectivity index (χ3v) is 5.52. The zero-order valence-corrected chi connectivity index (χ0v) is 16.4. The number of likely N-dealkylation sites (tertiary alicyclic amines) is 1. The lowest BCUT2D eigenvalue weighted by Gasteiger charge is -2.35. The smallest absolute Gasteiger partial charge is 0.228 e. The Kier molecular flexibility index (Phi) is 5.30. The Balaban J connectivity index is 1.49. The van der Waals surface area contributed by atoms with Crippen molar-refractivity contribution in [3.8, 4) is 11.3 Å². The van der Waals surface area contributed by atoms with E-state index in [0.29, 0.717) is 12.5 Å². The molecular formula is C22H25N5O. The molecule has 3 heterocycles. The fourth-order valence-corrected chi connectivity index (χ4v) is 3.79. The monoisotopic (exact) mass is 375 g/mol. The SMILES string of the molecule is CN(C)C1CCN(C(=O)Cc2cc3cc(-c4cnccn4)ccc3cn2)CC1. The molecule has 1 aliphatic rings. The number of pyridine rings is 1. The van der Waals surface area contributed by atoms with Crippen molar-refractivity contribution in [2.45, 2.75) is 25.3 Å². The lowest BCUT2D eigenvalue weighted by atomic mass is 10.0. The van der Waals surface area contributed by atoms with Crippen LogP contribution in [0.1, 0.15) is 18.5 Å². The number of fused-ring (bicyclic) bond motifs is 1. The molecule has 2 aromatic heterocycles. The number of carbonyl (C=O) groups excluding carboxylic acids is 1. The average Bonchev–Trinajstić information content (AvgIpc) is 2.74. The Hall–Kier alpha value is -2.86. The van der Waals surface area contributed by atoms with Crippen molar-refractivity contribution in [1.82, 2.24) is 24.8 Å². The van der Waals surface area contributed by atoms with Gasteiger partial charge >= 0.3 is 0 Å². The van der Waals surface area contributed by atoms with Crippen LogP contribution >= 0.6 is 0 Å². The predicted molar refractivity (Wildman–Crippen MR) is 110 cm³/mol. The lowest BCUT2D eigenvalue weighted by Crippen LogP contribution is -2.45. The molecule has 1 aliphatic heterocycles. The minimum atomic E-state index is 0.161. The van der Waals surface area contributed by atoms with Crippen LogP contribution in [0.3, 0.4) is 0 Å². The van der Waals surface area contributed by atoms with E-state index >= 15 is 0 Å². The van der Waals surface area contributed by atoms with Crippen molar-refractivity contribution in [2.24, 2.45) is 0 Å². The largest absolute Gasteiger partial charge is 0.342 e. The molecule has 1 saturated heterocycles. The maximum absolute atomic E-state index is 12.7. The first kappa shape index (κ1) is 18.5. The van der Waals surface area contributed by atoms with Gasteiger partial charge in [0.25, 0.3) is 0 Å². The van der Waals surface area contributed by atoms with Gasteiger partial charge in [0, 0.05) is 48.7 Å². The number of aromatic nitrogens is 3. The van der Waals surface area contributed by atoms with E-state index in [1.807, 2.05) is 29.3 Å². The standard InChI is InChI=1S/C22H25N5O/c1-26(2)20-5-9-27(10-6-20)22(28)13-19-12-18-11-16(3-4-17(18)14-25-19)21-15-23-7-8-24-21/h3-4,7-8,11-12,14-15,20H,5-6,9-10,13H2,1-2H3. The number of carbonyl (C=O) groups is 1. The van der Waals surface area contributed by atoms with Gasteiger partial charge in [-0.15, -0.1) is 0 Å². The first-order valence-corrected chi connectivity index (χ1v) is 9.69. The number of nitrogens with zero attached hydrogens (tertiary/aromatic N) is 5. The number of amides is 1. The van der Waals surface area contributed by atoms with Gasteiger partial charge < -0.3 is 9.80 Å². The van der Waals surface area contributed by atoms with Crippen LogP contribution < -0.4 is 0 Å². The highest BCUT2D eigenvalue weighted by atomic mass is 16.2. The van der Waals surface area contributed by atoms with Gasteiger partial charge in [0.1, 0.15) is 0 Å². The molecule has 0 saturated carbocycles. The lowest BCUT2D eigenvalue weighted by molar-refractivity contribution is -0.132. The molecular weight excluding hydrogens is 350 g/mol. The van der Waals surface area contributed by atoms with Crippen LogP contribution in [0.2, 0.25) is 0 Å². The van der Waals surface area contributed by atoms with E-state index in [-0.39, 0.29) is 5.91 Å². The van der Waals surface area contributed by atoms with Crippen LogP contribution in [0.5, 0.6) is 0 Å². The van der Waals surface area contributed by atoms with Crippen molar-refractivity contribution in [1.29, 1.82) is 0 Å². The van der Waals surface area contributed by atoms with Crippen LogP contribution in [0, 0.1) is 0 Å². The highest BCUT2D eigenvalue weighted by Crippen LogP contribution is 2.23. The molecule has 4 rings (SSSR count). The summed E-state index contributed by atoms with van der Waals surface area (Å²) in [4.78, 5) is 30.0. The normalized spacial score (nSPS) is 15.3. The molecule has 6 nitrogen and oxygen atoms in total. The molecule has 1 aromatic carbocycles. The van der Waals surface area contributed by atoms with Crippen LogP contribution in [0.25, 0.3) is 22.0 Å². The van der Waals surface area contributed by atoms with Crippen molar-refractivity contribution < 1.29 is 4.79 Å². The van der Waals surface area contributed by atoms with E-state index in [1.54, 1.807) is 18.6 Å².